The van der Waals surface area contributed by atoms with E-state index in [0.29, 0.717) is 24.2 Å². The molecule has 21 heavy (non-hydrogen) atoms. The topological polar surface area (TPSA) is 68.0 Å². The molecule has 3 N–H and O–H groups in total. The maximum atomic E-state index is 12.2. The molecule has 1 aliphatic carbocycles. The number of nitrogens with one attached hydrogen (secondary N) is 1. The molecule has 1 saturated carbocycles. The largest absolute Gasteiger partial charge is 0.350 e. The normalized spacial score (nSPS) is 22.1. The molecule has 2 aromatic rings. The van der Waals surface area contributed by atoms with Crippen LogP contribution in [-0.2, 0) is 0 Å². The van der Waals surface area contributed by atoms with Crippen molar-refractivity contribution in [2.75, 3.05) is 6.54 Å². The van der Waals surface area contributed by atoms with Crippen LogP contribution in [-0.4, -0.2) is 23.5 Å². The molecule has 1 fully saturated rings. The van der Waals surface area contributed by atoms with Gasteiger partial charge in [-0.25, -0.2) is 4.98 Å². The van der Waals surface area contributed by atoms with E-state index >= 15 is 0 Å². The zero-order valence-corrected chi connectivity index (χ0v) is 12.1. The summed E-state index contributed by atoms with van der Waals surface area (Å²) in [4.78, 5) is 16.6. The summed E-state index contributed by atoms with van der Waals surface area (Å²) in [6.45, 7) is 0.695. The molecule has 110 valence electrons. The van der Waals surface area contributed by atoms with Gasteiger partial charge >= 0.3 is 0 Å². The van der Waals surface area contributed by atoms with Gasteiger partial charge in [-0.1, -0.05) is 30.7 Å². The molecule has 0 spiro atoms. The SMILES string of the molecule is NC1CCCC(CNC(=O)c2ccc3ccccc3n2)C1. The third-order valence-electron chi connectivity index (χ3n) is 4.21. The first kappa shape index (κ1) is 14.0. The Bertz CT molecular complexity index is 641. The van der Waals surface area contributed by atoms with Crippen molar-refractivity contribution in [3.05, 3.63) is 42.1 Å². The second-order valence-corrected chi connectivity index (χ2v) is 5.89. The predicted octanol–water partition coefficient (Wildman–Crippen LogP) is 2.48. The van der Waals surface area contributed by atoms with Crippen molar-refractivity contribution in [1.29, 1.82) is 0 Å². The average molecular weight is 283 g/mol. The number of fused-ring (bicyclic) bond motifs is 1. The Morgan fingerprint density at radius 2 is 2.10 bits per heavy atom. The van der Waals surface area contributed by atoms with Crippen LogP contribution in [0.25, 0.3) is 10.9 Å². The summed E-state index contributed by atoms with van der Waals surface area (Å²) in [7, 11) is 0. The summed E-state index contributed by atoms with van der Waals surface area (Å²) in [6.07, 6.45) is 4.43. The Hall–Kier alpha value is -1.94. The van der Waals surface area contributed by atoms with Crippen LogP contribution in [0, 0.1) is 5.92 Å². The van der Waals surface area contributed by atoms with Crippen LogP contribution in [0.15, 0.2) is 36.4 Å². The van der Waals surface area contributed by atoms with Crippen molar-refractivity contribution in [2.45, 2.75) is 31.7 Å². The highest BCUT2D eigenvalue weighted by Gasteiger charge is 2.20. The van der Waals surface area contributed by atoms with E-state index in [1.807, 2.05) is 30.3 Å². The van der Waals surface area contributed by atoms with Gasteiger partial charge in [-0.3, -0.25) is 4.79 Å². The fraction of sp³-hybridized carbons (Fsp3) is 0.412. The number of carbonyl (C=O) groups is 1. The zero-order chi connectivity index (χ0) is 14.7. The first-order valence-electron chi connectivity index (χ1n) is 7.62. The van der Waals surface area contributed by atoms with E-state index < -0.39 is 0 Å². The number of para-hydroxylation sites is 1. The zero-order valence-electron chi connectivity index (χ0n) is 12.1. The van der Waals surface area contributed by atoms with Crippen LogP contribution in [0.4, 0.5) is 0 Å². The summed E-state index contributed by atoms with van der Waals surface area (Å²) < 4.78 is 0. The summed E-state index contributed by atoms with van der Waals surface area (Å²) >= 11 is 0. The van der Waals surface area contributed by atoms with E-state index in [2.05, 4.69) is 10.3 Å². The summed E-state index contributed by atoms with van der Waals surface area (Å²) in [5.74, 6) is 0.401. The molecule has 1 aromatic heterocycles. The van der Waals surface area contributed by atoms with Crippen LogP contribution in [0.3, 0.4) is 0 Å². The van der Waals surface area contributed by atoms with Crippen molar-refractivity contribution in [3.63, 3.8) is 0 Å². The number of pyridine rings is 1. The van der Waals surface area contributed by atoms with E-state index in [1.165, 1.54) is 0 Å². The fourth-order valence-electron chi connectivity index (χ4n) is 3.04. The third kappa shape index (κ3) is 3.39. The minimum Gasteiger partial charge on any atom is -0.350 e. The number of benzene rings is 1. The lowest BCUT2D eigenvalue weighted by molar-refractivity contribution is 0.0938. The first-order chi connectivity index (χ1) is 10.2. The number of nitrogens with two attached hydrogens (primary N) is 1. The molecule has 1 amide bonds. The van der Waals surface area contributed by atoms with Gasteiger partial charge in [0.15, 0.2) is 0 Å². The van der Waals surface area contributed by atoms with Crippen molar-refractivity contribution in [3.8, 4) is 0 Å². The van der Waals surface area contributed by atoms with Gasteiger partial charge in [0, 0.05) is 18.0 Å². The first-order valence-corrected chi connectivity index (χ1v) is 7.62. The summed E-state index contributed by atoms with van der Waals surface area (Å²) in [5.41, 5.74) is 7.31. The number of carbonyl (C=O) groups excluding carboxylic acids is 1. The summed E-state index contributed by atoms with van der Waals surface area (Å²) in [5, 5.41) is 4.05. The molecule has 1 aliphatic rings. The molecule has 0 bridgehead atoms. The predicted molar refractivity (Wildman–Crippen MR) is 84.0 cm³/mol. The molecule has 3 rings (SSSR count). The van der Waals surface area contributed by atoms with Crippen molar-refractivity contribution in [1.82, 2.24) is 10.3 Å². The highest BCUT2D eigenvalue weighted by atomic mass is 16.1. The average Bonchev–Trinajstić information content (AvgIpc) is 2.52. The molecule has 2 atom stereocenters. The lowest BCUT2D eigenvalue weighted by Crippen LogP contribution is -2.35. The molecular formula is C17H21N3O. The Kier molecular flexibility index (Phi) is 4.15. The van der Waals surface area contributed by atoms with Crippen molar-refractivity contribution >= 4 is 16.8 Å². The van der Waals surface area contributed by atoms with Gasteiger partial charge in [-0.2, -0.15) is 0 Å². The Morgan fingerprint density at radius 3 is 2.95 bits per heavy atom. The molecule has 0 aliphatic heterocycles. The summed E-state index contributed by atoms with van der Waals surface area (Å²) in [6, 6.07) is 11.8. The molecule has 0 radical (unpaired) electrons. The second-order valence-electron chi connectivity index (χ2n) is 5.89. The molecule has 2 unspecified atom stereocenters. The smallest absolute Gasteiger partial charge is 0.269 e. The molecule has 4 heteroatoms. The molecular weight excluding hydrogens is 262 g/mol. The van der Waals surface area contributed by atoms with Crippen LogP contribution in [0.5, 0.6) is 0 Å². The van der Waals surface area contributed by atoms with E-state index in [9.17, 15) is 4.79 Å². The highest BCUT2D eigenvalue weighted by Crippen LogP contribution is 2.22. The van der Waals surface area contributed by atoms with Crippen LogP contribution >= 0.6 is 0 Å². The number of nitrogens with zero attached hydrogens (tertiary/aromatic N) is 1. The molecule has 1 aromatic carbocycles. The van der Waals surface area contributed by atoms with Gasteiger partial charge in [0.25, 0.3) is 5.91 Å². The molecule has 1 heterocycles. The van der Waals surface area contributed by atoms with Crippen LogP contribution in [0.2, 0.25) is 0 Å². The van der Waals surface area contributed by atoms with Crippen molar-refractivity contribution in [2.24, 2.45) is 11.7 Å². The minimum absolute atomic E-state index is 0.0973. The Morgan fingerprint density at radius 1 is 1.24 bits per heavy atom. The number of rotatable bonds is 3. The van der Waals surface area contributed by atoms with Gasteiger partial charge in [-0.05, 0) is 37.3 Å². The monoisotopic (exact) mass is 283 g/mol. The van der Waals surface area contributed by atoms with Gasteiger partial charge in [0.2, 0.25) is 0 Å². The second kappa shape index (κ2) is 6.22. The fourth-order valence-corrected chi connectivity index (χ4v) is 3.04. The van der Waals surface area contributed by atoms with Crippen LogP contribution < -0.4 is 11.1 Å². The van der Waals surface area contributed by atoms with E-state index in [0.717, 1.165) is 36.6 Å². The van der Waals surface area contributed by atoms with Crippen LogP contribution in [0.1, 0.15) is 36.2 Å². The number of hydrogen-bond donors (Lipinski definition) is 2. The number of amides is 1. The van der Waals surface area contributed by atoms with Crippen molar-refractivity contribution < 1.29 is 4.79 Å². The Balaban J connectivity index is 1.63. The van der Waals surface area contributed by atoms with E-state index in [4.69, 9.17) is 5.73 Å². The number of aromatic nitrogens is 1. The third-order valence-corrected chi connectivity index (χ3v) is 4.21. The van der Waals surface area contributed by atoms with Gasteiger partial charge in [0.1, 0.15) is 5.69 Å². The minimum atomic E-state index is -0.0973. The van der Waals surface area contributed by atoms with E-state index in [1.54, 1.807) is 6.07 Å². The van der Waals surface area contributed by atoms with E-state index in [-0.39, 0.29) is 5.91 Å². The highest BCUT2D eigenvalue weighted by molar-refractivity contribution is 5.94. The maximum Gasteiger partial charge on any atom is 0.269 e. The standard InChI is InChI=1S/C17H21N3O/c18-14-6-3-4-12(10-14)11-19-17(21)16-9-8-13-5-1-2-7-15(13)20-16/h1-2,5,7-9,12,14H,3-4,6,10-11,18H2,(H,19,21). The lowest BCUT2D eigenvalue weighted by Gasteiger charge is -2.26. The number of hydrogen-bond acceptors (Lipinski definition) is 3. The van der Waals surface area contributed by atoms with Gasteiger partial charge in [-0.15, -0.1) is 0 Å². The van der Waals surface area contributed by atoms with Gasteiger partial charge in [0.05, 0.1) is 5.52 Å². The molecule has 0 saturated heterocycles. The lowest BCUT2D eigenvalue weighted by atomic mass is 9.86. The quantitative estimate of drug-likeness (QED) is 0.909. The van der Waals surface area contributed by atoms with Gasteiger partial charge < -0.3 is 11.1 Å². The molecule has 4 nitrogen and oxygen atoms in total. The maximum absolute atomic E-state index is 12.2. The Labute approximate surface area is 124 Å².